The van der Waals surface area contributed by atoms with Crippen LogP contribution in [0.4, 0.5) is 0 Å². The van der Waals surface area contributed by atoms with Crippen molar-refractivity contribution in [2.45, 2.75) is 6.61 Å². The van der Waals surface area contributed by atoms with E-state index in [0.29, 0.717) is 11.5 Å². The molecule has 0 unspecified atom stereocenters. The van der Waals surface area contributed by atoms with E-state index in [-0.39, 0.29) is 12.2 Å². The Hall–Kier alpha value is -3.15. The van der Waals surface area contributed by atoms with Crippen molar-refractivity contribution in [3.63, 3.8) is 0 Å². The molecule has 0 aliphatic carbocycles. The Kier molecular flexibility index (Phi) is 3.82. The fourth-order valence-electron chi connectivity index (χ4n) is 1.82. The van der Waals surface area contributed by atoms with Crippen LogP contribution in [0.2, 0.25) is 0 Å². The van der Waals surface area contributed by atoms with Crippen molar-refractivity contribution in [2.24, 2.45) is 0 Å². The average molecular weight is 297 g/mol. The lowest BCUT2D eigenvalue weighted by atomic mass is 10.2. The number of hydrogen-bond acceptors (Lipinski definition) is 6. The predicted octanol–water partition coefficient (Wildman–Crippen LogP) is 2.65. The van der Waals surface area contributed by atoms with Gasteiger partial charge in [0.25, 0.3) is 0 Å². The number of rotatable bonds is 4. The number of esters is 1. The number of ether oxygens (including phenoxy) is 1. The standard InChI is InChI=1S/C16H11NO5/c18-15-7-6-12(9-20-15)16(19)21-10-13-8-14(22-17-13)11-4-2-1-3-5-11/h1-9H,10H2. The molecule has 0 fully saturated rings. The lowest BCUT2D eigenvalue weighted by Crippen LogP contribution is -2.07. The minimum absolute atomic E-state index is 0.0334. The molecule has 3 aromatic rings. The Labute approximate surface area is 124 Å². The van der Waals surface area contributed by atoms with Gasteiger partial charge in [0.2, 0.25) is 0 Å². The average Bonchev–Trinajstić information content (AvgIpc) is 3.03. The van der Waals surface area contributed by atoms with Crippen LogP contribution in [-0.2, 0) is 11.3 Å². The highest BCUT2D eigenvalue weighted by Gasteiger charge is 2.11. The monoisotopic (exact) mass is 297 g/mol. The van der Waals surface area contributed by atoms with E-state index in [1.54, 1.807) is 6.07 Å². The molecule has 2 aromatic heterocycles. The molecule has 0 N–H and O–H groups in total. The molecular formula is C16H11NO5. The molecule has 110 valence electrons. The van der Waals surface area contributed by atoms with Crippen LogP contribution in [0.25, 0.3) is 11.3 Å². The highest BCUT2D eigenvalue weighted by molar-refractivity contribution is 5.88. The molecule has 2 heterocycles. The first kappa shape index (κ1) is 13.8. The summed E-state index contributed by atoms with van der Waals surface area (Å²) in [4.78, 5) is 22.6. The normalized spacial score (nSPS) is 10.4. The van der Waals surface area contributed by atoms with E-state index in [1.807, 2.05) is 30.3 Å². The van der Waals surface area contributed by atoms with Crippen LogP contribution in [0, 0.1) is 0 Å². The summed E-state index contributed by atoms with van der Waals surface area (Å²) in [6.07, 6.45) is 1.06. The van der Waals surface area contributed by atoms with Crippen molar-refractivity contribution in [2.75, 3.05) is 0 Å². The van der Waals surface area contributed by atoms with Gasteiger partial charge in [-0.05, 0) is 6.07 Å². The van der Waals surface area contributed by atoms with Gasteiger partial charge in [0.15, 0.2) is 5.76 Å². The molecule has 0 radical (unpaired) electrons. The molecule has 0 spiro atoms. The number of carbonyl (C=O) groups excluding carboxylic acids is 1. The van der Waals surface area contributed by atoms with Gasteiger partial charge in [-0.3, -0.25) is 0 Å². The highest BCUT2D eigenvalue weighted by atomic mass is 16.5. The Bertz CT molecular complexity index is 815. The third-order valence-corrected chi connectivity index (χ3v) is 2.91. The molecule has 0 saturated carbocycles. The third kappa shape index (κ3) is 3.12. The Morgan fingerprint density at radius 3 is 2.68 bits per heavy atom. The Morgan fingerprint density at radius 2 is 1.95 bits per heavy atom. The zero-order chi connectivity index (χ0) is 15.4. The third-order valence-electron chi connectivity index (χ3n) is 2.91. The van der Waals surface area contributed by atoms with Gasteiger partial charge in [-0.1, -0.05) is 35.5 Å². The number of carbonyl (C=O) groups is 1. The molecule has 0 aliphatic heterocycles. The molecule has 6 nitrogen and oxygen atoms in total. The van der Waals surface area contributed by atoms with Crippen LogP contribution in [0.15, 0.2) is 68.5 Å². The smallest absolute Gasteiger partial charge is 0.341 e. The van der Waals surface area contributed by atoms with E-state index in [1.165, 1.54) is 6.07 Å². The number of aromatic nitrogens is 1. The van der Waals surface area contributed by atoms with Gasteiger partial charge in [0, 0.05) is 17.7 Å². The molecule has 0 saturated heterocycles. The van der Waals surface area contributed by atoms with Crippen LogP contribution in [0.5, 0.6) is 0 Å². The Balaban J connectivity index is 1.65. The van der Waals surface area contributed by atoms with E-state index >= 15 is 0 Å². The van der Waals surface area contributed by atoms with E-state index < -0.39 is 11.6 Å². The van der Waals surface area contributed by atoms with Crippen LogP contribution in [0.1, 0.15) is 16.1 Å². The summed E-state index contributed by atoms with van der Waals surface area (Å²) in [5, 5.41) is 3.85. The fourth-order valence-corrected chi connectivity index (χ4v) is 1.82. The summed E-state index contributed by atoms with van der Waals surface area (Å²) in [5.41, 5.74) is 1.01. The van der Waals surface area contributed by atoms with Gasteiger partial charge in [-0.15, -0.1) is 0 Å². The van der Waals surface area contributed by atoms with Crippen LogP contribution >= 0.6 is 0 Å². The number of benzene rings is 1. The van der Waals surface area contributed by atoms with Crippen molar-refractivity contribution >= 4 is 5.97 Å². The van der Waals surface area contributed by atoms with Crippen molar-refractivity contribution in [1.29, 1.82) is 0 Å². The molecule has 0 aliphatic rings. The van der Waals surface area contributed by atoms with E-state index in [9.17, 15) is 9.59 Å². The minimum Gasteiger partial charge on any atom is -0.455 e. The molecule has 0 bridgehead atoms. The first-order valence-electron chi connectivity index (χ1n) is 6.49. The van der Waals surface area contributed by atoms with Crippen molar-refractivity contribution in [1.82, 2.24) is 5.16 Å². The summed E-state index contributed by atoms with van der Waals surface area (Å²) in [5.74, 6) is -0.00892. The van der Waals surface area contributed by atoms with Crippen molar-refractivity contribution in [3.05, 3.63) is 76.5 Å². The zero-order valence-corrected chi connectivity index (χ0v) is 11.4. The van der Waals surface area contributed by atoms with Crippen LogP contribution < -0.4 is 5.63 Å². The zero-order valence-electron chi connectivity index (χ0n) is 11.4. The lowest BCUT2D eigenvalue weighted by Gasteiger charge is -2.00. The van der Waals surface area contributed by atoms with E-state index in [4.69, 9.17) is 9.26 Å². The summed E-state index contributed by atoms with van der Waals surface area (Å²) < 4.78 is 14.9. The topological polar surface area (TPSA) is 82.5 Å². The second kappa shape index (κ2) is 6.09. The van der Waals surface area contributed by atoms with Gasteiger partial charge >= 0.3 is 11.6 Å². The Morgan fingerprint density at radius 1 is 1.14 bits per heavy atom. The second-order valence-electron chi connectivity index (χ2n) is 4.47. The van der Waals surface area contributed by atoms with Crippen molar-refractivity contribution in [3.8, 4) is 11.3 Å². The molecule has 6 heteroatoms. The van der Waals surface area contributed by atoms with E-state index in [2.05, 4.69) is 9.57 Å². The van der Waals surface area contributed by atoms with Crippen molar-refractivity contribution < 1.29 is 18.5 Å². The maximum absolute atomic E-state index is 11.8. The number of hydrogen-bond donors (Lipinski definition) is 0. The quantitative estimate of drug-likeness (QED) is 0.688. The molecule has 0 amide bonds. The summed E-state index contributed by atoms with van der Waals surface area (Å²) in [6.45, 7) is -0.0334. The lowest BCUT2D eigenvalue weighted by molar-refractivity contribution is 0.0461. The summed E-state index contributed by atoms with van der Waals surface area (Å²) in [7, 11) is 0. The minimum atomic E-state index is -0.604. The highest BCUT2D eigenvalue weighted by Crippen LogP contribution is 2.20. The van der Waals surface area contributed by atoms with Gasteiger partial charge < -0.3 is 13.7 Å². The van der Waals surface area contributed by atoms with Gasteiger partial charge in [-0.25, -0.2) is 9.59 Å². The van der Waals surface area contributed by atoms with Crippen LogP contribution in [-0.4, -0.2) is 11.1 Å². The van der Waals surface area contributed by atoms with E-state index in [0.717, 1.165) is 17.9 Å². The molecule has 3 rings (SSSR count). The van der Waals surface area contributed by atoms with Gasteiger partial charge in [0.05, 0.1) is 5.56 Å². The fraction of sp³-hybridized carbons (Fsp3) is 0.0625. The first-order chi connectivity index (χ1) is 10.7. The molecule has 1 aromatic carbocycles. The SMILES string of the molecule is O=C(OCc1cc(-c2ccccc2)on1)c1ccc(=O)oc1. The predicted molar refractivity (Wildman–Crippen MR) is 76.0 cm³/mol. The van der Waals surface area contributed by atoms with Crippen LogP contribution in [0.3, 0.4) is 0 Å². The maximum atomic E-state index is 11.8. The maximum Gasteiger partial charge on any atom is 0.341 e. The largest absolute Gasteiger partial charge is 0.455 e. The first-order valence-corrected chi connectivity index (χ1v) is 6.49. The summed E-state index contributed by atoms with van der Waals surface area (Å²) in [6, 6.07) is 13.7. The molecular weight excluding hydrogens is 286 g/mol. The van der Waals surface area contributed by atoms with Gasteiger partial charge in [-0.2, -0.15) is 0 Å². The molecule has 0 atom stereocenters. The summed E-state index contributed by atoms with van der Waals surface area (Å²) >= 11 is 0. The number of nitrogens with zero attached hydrogens (tertiary/aromatic N) is 1. The van der Waals surface area contributed by atoms with Gasteiger partial charge in [0.1, 0.15) is 18.6 Å². The second-order valence-corrected chi connectivity index (χ2v) is 4.47. The molecule has 22 heavy (non-hydrogen) atoms.